The summed E-state index contributed by atoms with van der Waals surface area (Å²) in [6.45, 7) is 2.00. The van der Waals surface area contributed by atoms with Gasteiger partial charge in [-0.15, -0.1) is 0 Å². The van der Waals surface area contributed by atoms with Crippen molar-refractivity contribution in [2.24, 2.45) is 0 Å². The lowest BCUT2D eigenvalue weighted by atomic mass is 10.0. The topological polar surface area (TPSA) is 34.1 Å². The first-order valence-corrected chi connectivity index (χ1v) is 10.1. The van der Waals surface area contributed by atoms with Crippen LogP contribution < -0.4 is 0 Å². The Hall–Kier alpha value is -2.04. The number of fused-ring (bicyclic) bond motifs is 2. The molecule has 0 saturated carbocycles. The summed E-state index contributed by atoms with van der Waals surface area (Å²) >= 11 is 1.64. The SMILES string of the molecule is Cc1ccc2c(c1)[C@H](S(=O)(=O)c1ccccc1)c1ccccc1S2. The van der Waals surface area contributed by atoms with Gasteiger partial charge in [0.15, 0.2) is 9.84 Å². The minimum atomic E-state index is -3.52. The molecule has 0 aromatic heterocycles. The minimum absolute atomic E-state index is 0.365. The summed E-state index contributed by atoms with van der Waals surface area (Å²) in [5.41, 5.74) is 2.81. The van der Waals surface area contributed by atoms with E-state index in [0.717, 1.165) is 26.5 Å². The van der Waals surface area contributed by atoms with Crippen LogP contribution in [0.25, 0.3) is 0 Å². The second-order valence-electron chi connectivity index (χ2n) is 5.92. The van der Waals surface area contributed by atoms with Crippen molar-refractivity contribution in [1.82, 2.24) is 0 Å². The van der Waals surface area contributed by atoms with Crippen LogP contribution in [0.4, 0.5) is 0 Å². The molecule has 2 nitrogen and oxygen atoms in total. The van der Waals surface area contributed by atoms with Gasteiger partial charge in [-0.05, 0) is 42.3 Å². The molecule has 1 aliphatic heterocycles. The first-order valence-electron chi connectivity index (χ1n) is 7.73. The van der Waals surface area contributed by atoms with Crippen LogP contribution in [0.2, 0.25) is 0 Å². The molecular weight excluding hydrogens is 336 g/mol. The van der Waals surface area contributed by atoms with E-state index in [2.05, 4.69) is 0 Å². The zero-order chi connectivity index (χ0) is 16.7. The Kier molecular flexibility index (Phi) is 3.74. The molecule has 0 spiro atoms. The van der Waals surface area contributed by atoms with E-state index in [9.17, 15) is 8.42 Å². The smallest absolute Gasteiger partial charge is 0.189 e. The minimum Gasteiger partial charge on any atom is -0.223 e. The molecule has 24 heavy (non-hydrogen) atoms. The summed E-state index contributed by atoms with van der Waals surface area (Å²) in [6.07, 6.45) is 0. The van der Waals surface area contributed by atoms with Crippen LogP contribution in [-0.2, 0) is 9.84 Å². The Morgan fingerprint density at radius 3 is 2.25 bits per heavy atom. The first kappa shape index (κ1) is 15.5. The van der Waals surface area contributed by atoms with Crippen molar-refractivity contribution in [3.8, 4) is 0 Å². The van der Waals surface area contributed by atoms with Gasteiger partial charge >= 0.3 is 0 Å². The maximum Gasteiger partial charge on any atom is 0.189 e. The van der Waals surface area contributed by atoms with E-state index in [1.165, 1.54) is 0 Å². The van der Waals surface area contributed by atoms with Gasteiger partial charge in [-0.2, -0.15) is 0 Å². The van der Waals surface area contributed by atoms with Gasteiger partial charge in [0.1, 0.15) is 5.25 Å². The summed E-state index contributed by atoms with van der Waals surface area (Å²) in [7, 11) is -3.52. The molecule has 3 aromatic carbocycles. The number of rotatable bonds is 2. The largest absolute Gasteiger partial charge is 0.223 e. The fourth-order valence-electron chi connectivity index (χ4n) is 3.12. The lowest BCUT2D eigenvalue weighted by Crippen LogP contribution is -2.19. The molecule has 120 valence electrons. The van der Waals surface area contributed by atoms with Crippen LogP contribution in [0.3, 0.4) is 0 Å². The van der Waals surface area contributed by atoms with E-state index in [-0.39, 0.29) is 0 Å². The molecule has 1 heterocycles. The molecule has 0 saturated heterocycles. The predicted octanol–water partition coefficient (Wildman–Crippen LogP) is 5.02. The number of benzene rings is 3. The van der Waals surface area contributed by atoms with Gasteiger partial charge in [0.05, 0.1) is 4.90 Å². The lowest BCUT2D eigenvalue weighted by molar-refractivity contribution is 0.587. The highest BCUT2D eigenvalue weighted by atomic mass is 32.2. The zero-order valence-electron chi connectivity index (χ0n) is 13.1. The standard InChI is InChI=1S/C20H16O2S2/c1-14-11-12-19-17(13-14)20(16-9-5-6-10-18(16)23-19)24(21,22)15-7-3-2-4-8-15/h2-13,20H,1H3/t20-/m1/s1. The third-order valence-electron chi connectivity index (χ3n) is 4.25. The van der Waals surface area contributed by atoms with Crippen molar-refractivity contribution >= 4 is 21.6 Å². The average Bonchev–Trinajstić information content (AvgIpc) is 2.60. The first-order chi connectivity index (χ1) is 11.6. The maximum absolute atomic E-state index is 13.4. The third-order valence-corrected chi connectivity index (χ3v) is 7.49. The highest BCUT2D eigenvalue weighted by Crippen LogP contribution is 2.49. The molecule has 1 atom stereocenters. The molecule has 0 N–H and O–H groups in total. The quantitative estimate of drug-likeness (QED) is 0.649. The Labute approximate surface area is 146 Å². The molecule has 0 bridgehead atoms. The summed E-state index contributed by atoms with van der Waals surface area (Å²) in [5.74, 6) is 0. The third kappa shape index (κ3) is 2.46. The highest BCUT2D eigenvalue weighted by molar-refractivity contribution is 7.99. The highest BCUT2D eigenvalue weighted by Gasteiger charge is 2.36. The van der Waals surface area contributed by atoms with E-state index in [4.69, 9.17) is 0 Å². The number of hydrogen-bond donors (Lipinski definition) is 0. The predicted molar refractivity (Wildman–Crippen MR) is 97.2 cm³/mol. The molecule has 0 amide bonds. The summed E-state index contributed by atoms with van der Waals surface area (Å²) in [4.78, 5) is 2.39. The van der Waals surface area contributed by atoms with Gasteiger partial charge in [0.2, 0.25) is 0 Å². The van der Waals surface area contributed by atoms with Crippen LogP contribution in [0, 0.1) is 6.92 Å². The van der Waals surface area contributed by atoms with Gasteiger partial charge in [0.25, 0.3) is 0 Å². The van der Waals surface area contributed by atoms with Crippen molar-refractivity contribution in [3.05, 3.63) is 89.5 Å². The van der Waals surface area contributed by atoms with Crippen LogP contribution in [0.15, 0.2) is 87.5 Å². The molecular formula is C20H16O2S2. The van der Waals surface area contributed by atoms with Gasteiger partial charge in [-0.25, -0.2) is 8.42 Å². The van der Waals surface area contributed by atoms with Gasteiger partial charge in [0, 0.05) is 9.79 Å². The van der Waals surface area contributed by atoms with Crippen LogP contribution in [-0.4, -0.2) is 8.42 Å². The monoisotopic (exact) mass is 352 g/mol. The zero-order valence-corrected chi connectivity index (χ0v) is 14.8. The Balaban J connectivity index is 2.00. The normalized spacial score (nSPS) is 16.3. The molecule has 4 rings (SSSR count). The summed E-state index contributed by atoms with van der Waals surface area (Å²) in [5, 5.41) is -0.660. The van der Waals surface area contributed by atoms with E-state index in [1.54, 1.807) is 36.0 Å². The molecule has 0 radical (unpaired) electrons. The molecule has 4 heteroatoms. The van der Waals surface area contributed by atoms with E-state index in [1.807, 2.05) is 55.5 Å². The maximum atomic E-state index is 13.4. The molecule has 1 aliphatic rings. The second-order valence-corrected chi connectivity index (χ2v) is 9.04. The van der Waals surface area contributed by atoms with Crippen molar-refractivity contribution in [1.29, 1.82) is 0 Å². The van der Waals surface area contributed by atoms with E-state index < -0.39 is 15.1 Å². The fourth-order valence-corrected chi connectivity index (χ4v) is 6.27. The van der Waals surface area contributed by atoms with Gasteiger partial charge in [-0.3, -0.25) is 0 Å². The van der Waals surface area contributed by atoms with Crippen LogP contribution in [0.5, 0.6) is 0 Å². The van der Waals surface area contributed by atoms with E-state index >= 15 is 0 Å². The molecule has 3 aromatic rings. The van der Waals surface area contributed by atoms with Gasteiger partial charge < -0.3 is 0 Å². The molecule has 0 aliphatic carbocycles. The average molecular weight is 352 g/mol. The van der Waals surface area contributed by atoms with Crippen molar-refractivity contribution in [3.63, 3.8) is 0 Å². The van der Waals surface area contributed by atoms with E-state index in [0.29, 0.717) is 4.90 Å². The Bertz CT molecular complexity index is 1010. The van der Waals surface area contributed by atoms with Crippen molar-refractivity contribution in [2.75, 3.05) is 0 Å². The number of sulfone groups is 1. The summed E-state index contributed by atoms with van der Waals surface area (Å²) in [6, 6.07) is 22.6. The molecule has 0 fully saturated rings. The van der Waals surface area contributed by atoms with Gasteiger partial charge in [-0.1, -0.05) is 65.9 Å². The molecule has 0 unspecified atom stereocenters. The van der Waals surface area contributed by atoms with Crippen molar-refractivity contribution < 1.29 is 8.42 Å². The van der Waals surface area contributed by atoms with Crippen LogP contribution in [0.1, 0.15) is 21.9 Å². The Morgan fingerprint density at radius 1 is 0.792 bits per heavy atom. The van der Waals surface area contributed by atoms with Crippen molar-refractivity contribution in [2.45, 2.75) is 26.9 Å². The second kappa shape index (κ2) is 5.80. The lowest BCUT2D eigenvalue weighted by Gasteiger charge is -2.28. The fraction of sp³-hybridized carbons (Fsp3) is 0.100. The number of hydrogen-bond acceptors (Lipinski definition) is 3. The Morgan fingerprint density at radius 2 is 1.46 bits per heavy atom. The number of aryl methyl sites for hydroxylation is 1. The van der Waals surface area contributed by atoms with Crippen LogP contribution >= 0.6 is 11.8 Å². The summed E-state index contributed by atoms with van der Waals surface area (Å²) < 4.78 is 26.8.